The maximum absolute atomic E-state index is 11.3. The minimum atomic E-state index is -0.271. The molecular formula is C19H37NO2. The van der Waals surface area contributed by atoms with Crippen molar-refractivity contribution < 1.29 is 9.90 Å². The molecule has 0 heterocycles. The standard InChI is InChI=1S/C19H37NO2/c1-3-4-5-6-7-8-9-10-11-12-13-14-15-18(19(20)22)17(2)16-21/h8-9,17-18,21H,3-7,10-16H2,1-2H3,(H2,20,22)/b9-8-. The maximum Gasteiger partial charge on any atom is 0.220 e. The number of primary amides is 1. The fourth-order valence-electron chi connectivity index (χ4n) is 2.74. The molecule has 1 amide bonds. The molecule has 0 spiro atoms. The summed E-state index contributed by atoms with van der Waals surface area (Å²) >= 11 is 0. The van der Waals surface area contributed by atoms with Gasteiger partial charge in [-0.15, -0.1) is 0 Å². The summed E-state index contributed by atoms with van der Waals surface area (Å²) in [6.07, 6.45) is 17.8. The van der Waals surface area contributed by atoms with Gasteiger partial charge in [0.05, 0.1) is 0 Å². The van der Waals surface area contributed by atoms with Crippen molar-refractivity contribution in [2.24, 2.45) is 17.6 Å². The molecule has 0 aromatic rings. The Labute approximate surface area is 137 Å². The van der Waals surface area contributed by atoms with Crippen LogP contribution in [-0.2, 0) is 4.79 Å². The second-order valence-electron chi connectivity index (χ2n) is 6.48. The first-order valence-electron chi connectivity index (χ1n) is 9.18. The highest BCUT2D eigenvalue weighted by atomic mass is 16.3. The van der Waals surface area contributed by atoms with E-state index in [0.29, 0.717) is 0 Å². The first-order valence-corrected chi connectivity index (χ1v) is 9.18. The minimum Gasteiger partial charge on any atom is -0.396 e. The van der Waals surface area contributed by atoms with Gasteiger partial charge in [-0.05, 0) is 38.0 Å². The Kier molecular flexibility index (Phi) is 14.5. The molecule has 3 heteroatoms. The van der Waals surface area contributed by atoms with Crippen LogP contribution in [0.5, 0.6) is 0 Å². The average Bonchev–Trinajstić information content (AvgIpc) is 2.51. The number of carbonyl (C=O) groups excluding carboxylic acids is 1. The van der Waals surface area contributed by atoms with Crippen LogP contribution in [0.3, 0.4) is 0 Å². The molecule has 0 aromatic heterocycles. The van der Waals surface area contributed by atoms with E-state index in [1.165, 1.54) is 51.4 Å². The van der Waals surface area contributed by atoms with Gasteiger partial charge in [0.25, 0.3) is 0 Å². The summed E-state index contributed by atoms with van der Waals surface area (Å²) in [6.45, 7) is 4.17. The number of rotatable bonds is 15. The van der Waals surface area contributed by atoms with Gasteiger partial charge in [-0.25, -0.2) is 0 Å². The average molecular weight is 312 g/mol. The van der Waals surface area contributed by atoms with Gasteiger partial charge in [0.15, 0.2) is 0 Å². The van der Waals surface area contributed by atoms with Crippen molar-refractivity contribution >= 4 is 5.91 Å². The zero-order valence-corrected chi connectivity index (χ0v) is 14.7. The van der Waals surface area contributed by atoms with Crippen LogP contribution in [-0.4, -0.2) is 17.6 Å². The second kappa shape index (κ2) is 15.1. The van der Waals surface area contributed by atoms with E-state index in [0.717, 1.165) is 19.3 Å². The molecule has 0 bridgehead atoms. The highest BCUT2D eigenvalue weighted by molar-refractivity contribution is 5.76. The van der Waals surface area contributed by atoms with E-state index in [2.05, 4.69) is 19.1 Å². The van der Waals surface area contributed by atoms with Gasteiger partial charge < -0.3 is 10.8 Å². The fourth-order valence-corrected chi connectivity index (χ4v) is 2.74. The third-order valence-corrected chi connectivity index (χ3v) is 4.37. The van der Waals surface area contributed by atoms with Crippen LogP contribution in [0, 0.1) is 11.8 Å². The van der Waals surface area contributed by atoms with Gasteiger partial charge in [0, 0.05) is 12.5 Å². The van der Waals surface area contributed by atoms with Crippen LogP contribution >= 0.6 is 0 Å². The van der Waals surface area contributed by atoms with Crippen molar-refractivity contribution in [3.63, 3.8) is 0 Å². The summed E-state index contributed by atoms with van der Waals surface area (Å²) in [4.78, 5) is 11.3. The summed E-state index contributed by atoms with van der Waals surface area (Å²) in [5, 5.41) is 9.13. The van der Waals surface area contributed by atoms with Gasteiger partial charge in [0.1, 0.15) is 0 Å². The second-order valence-corrected chi connectivity index (χ2v) is 6.48. The summed E-state index contributed by atoms with van der Waals surface area (Å²) in [7, 11) is 0. The van der Waals surface area contributed by atoms with E-state index in [9.17, 15) is 4.79 Å². The third-order valence-electron chi connectivity index (χ3n) is 4.37. The number of carbonyl (C=O) groups is 1. The Morgan fingerprint density at radius 1 is 1.00 bits per heavy atom. The summed E-state index contributed by atoms with van der Waals surface area (Å²) in [6, 6.07) is 0. The third kappa shape index (κ3) is 11.8. The number of hydrogen-bond acceptors (Lipinski definition) is 2. The van der Waals surface area contributed by atoms with E-state index in [-0.39, 0.29) is 24.3 Å². The van der Waals surface area contributed by atoms with Crippen molar-refractivity contribution in [2.45, 2.75) is 84.5 Å². The Bertz CT molecular complexity index is 289. The molecule has 0 aromatic carbocycles. The molecule has 0 rings (SSSR count). The molecule has 2 atom stereocenters. The normalized spacial score (nSPS) is 14.3. The number of aliphatic hydroxyl groups is 1. The van der Waals surface area contributed by atoms with Gasteiger partial charge >= 0.3 is 0 Å². The molecule has 130 valence electrons. The smallest absolute Gasteiger partial charge is 0.220 e. The zero-order chi connectivity index (χ0) is 16.6. The number of nitrogens with two attached hydrogens (primary N) is 1. The van der Waals surface area contributed by atoms with E-state index in [1.807, 2.05) is 6.92 Å². The number of unbranched alkanes of at least 4 members (excludes halogenated alkanes) is 8. The lowest BCUT2D eigenvalue weighted by Crippen LogP contribution is -2.30. The molecule has 0 aliphatic carbocycles. The quantitative estimate of drug-likeness (QED) is 0.343. The molecule has 3 nitrogen and oxygen atoms in total. The summed E-state index contributed by atoms with van der Waals surface area (Å²) < 4.78 is 0. The highest BCUT2D eigenvalue weighted by Crippen LogP contribution is 2.19. The molecule has 0 saturated heterocycles. The van der Waals surface area contributed by atoms with E-state index in [1.54, 1.807) is 0 Å². The number of allylic oxidation sites excluding steroid dienone is 2. The highest BCUT2D eigenvalue weighted by Gasteiger charge is 2.21. The van der Waals surface area contributed by atoms with Crippen molar-refractivity contribution in [2.75, 3.05) is 6.61 Å². The van der Waals surface area contributed by atoms with Crippen molar-refractivity contribution in [3.8, 4) is 0 Å². The van der Waals surface area contributed by atoms with Crippen LogP contribution in [0.1, 0.15) is 84.5 Å². The van der Waals surface area contributed by atoms with Crippen molar-refractivity contribution in [3.05, 3.63) is 12.2 Å². The number of aliphatic hydroxyl groups excluding tert-OH is 1. The molecule has 0 aliphatic rings. The van der Waals surface area contributed by atoms with Crippen LogP contribution in [0.4, 0.5) is 0 Å². The van der Waals surface area contributed by atoms with E-state index in [4.69, 9.17) is 10.8 Å². The maximum atomic E-state index is 11.3. The molecule has 3 N–H and O–H groups in total. The lowest BCUT2D eigenvalue weighted by atomic mass is 9.89. The summed E-state index contributed by atoms with van der Waals surface area (Å²) in [5.41, 5.74) is 5.39. The van der Waals surface area contributed by atoms with Crippen LogP contribution < -0.4 is 5.73 Å². The lowest BCUT2D eigenvalue weighted by molar-refractivity contribution is -0.124. The van der Waals surface area contributed by atoms with Crippen LogP contribution in [0.2, 0.25) is 0 Å². The van der Waals surface area contributed by atoms with Crippen molar-refractivity contribution in [1.82, 2.24) is 0 Å². The zero-order valence-electron chi connectivity index (χ0n) is 14.7. The molecule has 0 saturated carbocycles. The largest absolute Gasteiger partial charge is 0.396 e. The predicted molar refractivity (Wildman–Crippen MR) is 94.5 cm³/mol. The van der Waals surface area contributed by atoms with Crippen molar-refractivity contribution in [1.29, 1.82) is 0 Å². The van der Waals surface area contributed by atoms with Crippen LogP contribution in [0.25, 0.3) is 0 Å². The minimum absolute atomic E-state index is 0.0202. The molecule has 0 aliphatic heterocycles. The predicted octanol–water partition coefficient (Wildman–Crippen LogP) is 4.58. The van der Waals surface area contributed by atoms with E-state index >= 15 is 0 Å². The molecule has 0 fully saturated rings. The lowest BCUT2D eigenvalue weighted by Gasteiger charge is -2.18. The van der Waals surface area contributed by atoms with Gasteiger partial charge in [-0.3, -0.25) is 4.79 Å². The Morgan fingerprint density at radius 3 is 2.05 bits per heavy atom. The molecular weight excluding hydrogens is 274 g/mol. The Hall–Kier alpha value is -0.830. The molecule has 0 radical (unpaired) electrons. The molecule has 22 heavy (non-hydrogen) atoms. The Balaban J connectivity index is 3.49. The number of hydrogen-bond donors (Lipinski definition) is 2. The van der Waals surface area contributed by atoms with E-state index < -0.39 is 0 Å². The van der Waals surface area contributed by atoms with Gasteiger partial charge in [-0.1, -0.05) is 64.5 Å². The summed E-state index contributed by atoms with van der Waals surface area (Å²) in [5.74, 6) is -0.464. The van der Waals surface area contributed by atoms with Gasteiger partial charge in [0.2, 0.25) is 5.91 Å². The first kappa shape index (κ1) is 21.2. The van der Waals surface area contributed by atoms with Gasteiger partial charge in [-0.2, -0.15) is 0 Å². The SMILES string of the molecule is CCCCCC/C=C\CCCCCCC(C(N)=O)C(C)CO. The monoisotopic (exact) mass is 311 g/mol. The first-order chi connectivity index (χ1) is 10.6. The topological polar surface area (TPSA) is 63.3 Å². The fraction of sp³-hybridized carbons (Fsp3) is 0.842. The Morgan fingerprint density at radius 2 is 1.55 bits per heavy atom. The molecule has 2 unspecified atom stereocenters. The van der Waals surface area contributed by atoms with Crippen LogP contribution in [0.15, 0.2) is 12.2 Å². The number of amides is 1.